The summed E-state index contributed by atoms with van der Waals surface area (Å²) in [6.07, 6.45) is 10.7. The molecule has 2 fully saturated rings. The summed E-state index contributed by atoms with van der Waals surface area (Å²) in [4.78, 5) is 7.44. The first-order valence-corrected chi connectivity index (χ1v) is 9.52. The fourth-order valence-corrected chi connectivity index (χ4v) is 3.56. The minimum Gasteiger partial charge on any atom is -0.357 e. The van der Waals surface area contributed by atoms with Gasteiger partial charge in [0.25, 0.3) is 0 Å². The maximum Gasteiger partial charge on any atom is 0.191 e. The first kappa shape index (κ1) is 21.0. The van der Waals surface area contributed by atoms with Crippen LogP contribution in [0.2, 0.25) is 0 Å². The van der Waals surface area contributed by atoms with Crippen molar-refractivity contribution >= 4 is 29.9 Å². The Morgan fingerprint density at radius 3 is 2.35 bits per heavy atom. The second kappa shape index (κ2) is 11.5. The van der Waals surface area contributed by atoms with Crippen molar-refractivity contribution in [2.45, 2.75) is 65.2 Å². The van der Waals surface area contributed by atoms with Gasteiger partial charge in [0.15, 0.2) is 5.96 Å². The summed E-state index contributed by atoms with van der Waals surface area (Å²) in [5, 5.41) is 6.90. The van der Waals surface area contributed by atoms with Crippen LogP contribution in [0.5, 0.6) is 0 Å². The van der Waals surface area contributed by atoms with E-state index < -0.39 is 0 Å². The average molecular weight is 436 g/mol. The topological polar surface area (TPSA) is 39.7 Å². The fraction of sp³-hybridized carbons (Fsp3) is 0.944. The number of guanidine groups is 1. The van der Waals surface area contributed by atoms with Gasteiger partial charge >= 0.3 is 0 Å². The molecular weight excluding hydrogens is 399 g/mol. The predicted octanol–water partition coefficient (Wildman–Crippen LogP) is 3.62. The van der Waals surface area contributed by atoms with Crippen molar-refractivity contribution < 1.29 is 0 Å². The van der Waals surface area contributed by atoms with Gasteiger partial charge in [-0.3, -0.25) is 4.99 Å². The molecule has 23 heavy (non-hydrogen) atoms. The molecule has 0 aromatic rings. The summed E-state index contributed by atoms with van der Waals surface area (Å²) in [6, 6.07) is 0. The molecule has 2 N–H and O–H groups in total. The van der Waals surface area contributed by atoms with Crippen molar-refractivity contribution in [2.24, 2.45) is 10.4 Å². The Hall–Kier alpha value is -0.0400. The molecule has 1 saturated heterocycles. The van der Waals surface area contributed by atoms with Crippen molar-refractivity contribution in [3.63, 3.8) is 0 Å². The second-order valence-electron chi connectivity index (χ2n) is 7.08. The van der Waals surface area contributed by atoms with Crippen molar-refractivity contribution in [1.82, 2.24) is 15.5 Å². The molecule has 1 saturated carbocycles. The monoisotopic (exact) mass is 436 g/mol. The van der Waals surface area contributed by atoms with Crippen LogP contribution in [0.4, 0.5) is 0 Å². The second-order valence-corrected chi connectivity index (χ2v) is 7.08. The van der Waals surface area contributed by atoms with Crippen LogP contribution in [-0.2, 0) is 0 Å². The third kappa shape index (κ3) is 7.16. The van der Waals surface area contributed by atoms with E-state index in [9.17, 15) is 0 Å². The van der Waals surface area contributed by atoms with E-state index in [1.54, 1.807) is 0 Å². The number of aliphatic imine (C=N–C) groups is 1. The minimum absolute atomic E-state index is 0. The lowest BCUT2D eigenvalue weighted by Gasteiger charge is -2.40. The highest BCUT2D eigenvalue weighted by Crippen LogP contribution is 2.43. The molecule has 0 radical (unpaired) electrons. The van der Waals surface area contributed by atoms with Crippen LogP contribution in [0, 0.1) is 5.41 Å². The quantitative estimate of drug-likeness (QED) is 0.251. The van der Waals surface area contributed by atoms with Crippen LogP contribution < -0.4 is 10.6 Å². The van der Waals surface area contributed by atoms with Gasteiger partial charge in [0, 0.05) is 19.6 Å². The molecule has 2 rings (SSSR count). The molecule has 1 aliphatic carbocycles. The van der Waals surface area contributed by atoms with Gasteiger partial charge in [0.05, 0.1) is 0 Å². The van der Waals surface area contributed by atoms with Crippen LogP contribution in [-0.4, -0.2) is 50.1 Å². The molecule has 5 heteroatoms. The fourth-order valence-electron chi connectivity index (χ4n) is 3.56. The van der Waals surface area contributed by atoms with E-state index in [4.69, 9.17) is 4.99 Å². The Morgan fingerprint density at radius 2 is 1.78 bits per heavy atom. The SMILES string of the molecule is CCNC(=NCC1(CC)CCC1)NCCCCN1CCCC1.I. The van der Waals surface area contributed by atoms with Gasteiger partial charge in [-0.15, -0.1) is 24.0 Å². The number of nitrogens with zero attached hydrogens (tertiary/aromatic N) is 2. The average Bonchev–Trinajstić information content (AvgIpc) is 2.99. The molecule has 1 heterocycles. The van der Waals surface area contributed by atoms with Crippen molar-refractivity contribution in [2.75, 3.05) is 39.3 Å². The predicted molar refractivity (Wildman–Crippen MR) is 111 cm³/mol. The van der Waals surface area contributed by atoms with Gasteiger partial charge in [0.1, 0.15) is 0 Å². The van der Waals surface area contributed by atoms with Gasteiger partial charge < -0.3 is 15.5 Å². The molecule has 0 atom stereocenters. The summed E-state index contributed by atoms with van der Waals surface area (Å²) in [7, 11) is 0. The number of hydrogen-bond acceptors (Lipinski definition) is 2. The lowest BCUT2D eigenvalue weighted by molar-refractivity contribution is 0.139. The van der Waals surface area contributed by atoms with Crippen molar-refractivity contribution in [3.05, 3.63) is 0 Å². The first-order chi connectivity index (χ1) is 10.8. The summed E-state index contributed by atoms with van der Waals surface area (Å²) in [5.41, 5.74) is 0.512. The number of halogens is 1. The van der Waals surface area contributed by atoms with Crippen LogP contribution in [0.25, 0.3) is 0 Å². The Balaban J connectivity index is 0.00000264. The Kier molecular flexibility index (Phi) is 10.5. The Labute approximate surface area is 160 Å². The van der Waals surface area contributed by atoms with Crippen molar-refractivity contribution in [3.8, 4) is 0 Å². The summed E-state index contributed by atoms with van der Waals surface area (Å²) in [5.74, 6) is 1.02. The Morgan fingerprint density at radius 1 is 1.04 bits per heavy atom. The Bertz CT molecular complexity index is 330. The van der Waals surface area contributed by atoms with Gasteiger partial charge in [-0.2, -0.15) is 0 Å². The number of hydrogen-bond donors (Lipinski definition) is 2. The van der Waals surface area contributed by atoms with Gasteiger partial charge in [0.2, 0.25) is 0 Å². The molecule has 4 nitrogen and oxygen atoms in total. The molecule has 0 spiro atoms. The largest absolute Gasteiger partial charge is 0.357 e. The number of likely N-dealkylation sites (tertiary alicyclic amines) is 1. The van der Waals surface area contributed by atoms with Crippen LogP contribution in [0.15, 0.2) is 4.99 Å². The molecule has 2 aliphatic rings. The molecule has 136 valence electrons. The molecule has 0 bridgehead atoms. The van der Waals surface area contributed by atoms with Gasteiger partial charge in [-0.05, 0) is 76.9 Å². The van der Waals surface area contributed by atoms with Gasteiger partial charge in [-0.1, -0.05) is 13.3 Å². The molecule has 0 unspecified atom stereocenters. The first-order valence-electron chi connectivity index (χ1n) is 9.52. The van der Waals surface area contributed by atoms with E-state index in [-0.39, 0.29) is 24.0 Å². The van der Waals surface area contributed by atoms with E-state index in [2.05, 4.69) is 29.4 Å². The highest BCUT2D eigenvalue weighted by atomic mass is 127. The van der Waals surface area contributed by atoms with Crippen LogP contribution in [0.3, 0.4) is 0 Å². The third-order valence-corrected chi connectivity index (χ3v) is 5.47. The van der Waals surface area contributed by atoms with Crippen molar-refractivity contribution in [1.29, 1.82) is 0 Å². The molecule has 0 aromatic carbocycles. The maximum absolute atomic E-state index is 4.84. The molecule has 0 amide bonds. The lowest BCUT2D eigenvalue weighted by Crippen LogP contribution is -2.40. The normalized spacial score (nSPS) is 20.7. The number of rotatable bonds is 9. The van der Waals surface area contributed by atoms with Crippen LogP contribution >= 0.6 is 24.0 Å². The smallest absolute Gasteiger partial charge is 0.191 e. The summed E-state index contributed by atoms with van der Waals surface area (Å²) >= 11 is 0. The van der Waals surface area contributed by atoms with E-state index in [1.807, 2.05) is 0 Å². The molecule has 1 aliphatic heterocycles. The van der Waals surface area contributed by atoms with E-state index in [1.165, 1.54) is 71.0 Å². The highest BCUT2D eigenvalue weighted by molar-refractivity contribution is 14.0. The van der Waals surface area contributed by atoms with Gasteiger partial charge in [-0.25, -0.2) is 0 Å². The summed E-state index contributed by atoms with van der Waals surface area (Å²) in [6.45, 7) is 11.3. The third-order valence-electron chi connectivity index (χ3n) is 5.47. The van der Waals surface area contributed by atoms with Crippen LogP contribution in [0.1, 0.15) is 65.2 Å². The number of nitrogens with one attached hydrogen (secondary N) is 2. The zero-order valence-electron chi connectivity index (χ0n) is 15.2. The zero-order valence-corrected chi connectivity index (χ0v) is 17.5. The van der Waals surface area contributed by atoms with E-state index in [0.717, 1.165) is 25.6 Å². The highest BCUT2D eigenvalue weighted by Gasteiger charge is 2.34. The van der Waals surface area contributed by atoms with E-state index >= 15 is 0 Å². The zero-order chi connectivity index (χ0) is 15.7. The molecular formula is C18H37IN4. The maximum atomic E-state index is 4.84. The minimum atomic E-state index is 0. The number of unbranched alkanes of at least 4 members (excludes halogenated alkanes) is 1. The lowest BCUT2D eigenvalue weighted by atomic mass is 9.67. The molecule has 0 aromatic heterocycles. The summed E-state index contributed by atoms with van der Waals surface area (Å²) < 4.78 is 0. The van der Waals surface area contributed by atoms with E-state index in [0.29, 0.717) is 5.41 Å². The standard InChI is InChI=1S/C18H36N4.HI/c1-3-18(10-9-11-18)16-21-17(19-4-2)20-12-5-6-13-22-14-7-8-15-22;/h3-16H2,1-2H3,(H2,19,20,21);1H.